The smallest absolute Gasteiger partial charge is 0.0206 e. The number of rotatable bonds is 0. The first kappa shape index (κ1) is 15.5. The van der Waals surface area contributed by atoms with E-state index in [-0.39, 0.29) is 0 Å². The fourth-order valence-electron chi connectivity index (χ4n) is 3.23. The molecule has 1 aliphatic carbocycles. The van der Waals surface area contributed by atoms with Gasteiger partial charge in [0.25, 0.3) is 0 Å². The van der Waals surface area contributed by atoms with Crippen LogP contribution in [0.15, 0.2) is 0 Å². The number of nitrogens with zero attached hydrogens (tertiary/aromatic N) is 1. The summed E-state index contributed by atoms with van der Waals surface area (Å²) in [6.07, 6.45) is 13.9. The van der Waals surface area contributed by atoms with Gasteiger partial charge in [-0.3, -0.25) is 0 Å². The zero-order valence-electron chi connectivity index (χ0n) is 12.4. The molecule has 2 heteroatoms. The van der Waals surface area contributed by atoms with Crippen molar-refractivity contribution in [1.82, 2.24) is 10.2 Å². The van der Waals surface area contributed by atoms with E-state index >= 15 is 0 Å². The van der Waals surface area contributed by atoms with Gasteiger partial charge in [0.1, 0.15) is 0 Å². The van der Waals surface area contributed by atoms with Crippen LogP contribution in [0.4, 0.5) is 0 Å². The normalized spacial score (nSPS) is 32.9. The molecule has 0 bridgehead atoms. The molecular weight excluding hydrogens is 220 g/mol. The Morgan fingerprint density at radius 3 is 1.50 bits per heavy atom. The molecule has 1 spiro atoms. The molecule has 0 radical (unpaired) electrons. The molecule has 104 valence electrons. The highest BCUT2D eigenvalue weighted by molar-refractivity contribution is 5.02. The highest BCUT2D eigenvalue weighted by Gasteiger charge is 2.45. The predicted octanol–water partition coefficient (Wildman–Crippen LogP) is 2.60. The molecule has 0 amide bonds. The summed E-state index contributed by atoms with van der Waals surface area (Å²) in [5, 5.41) is 3.30. The molecular formula is C16H30N2. The van der Waals surface area contributed by atoms with E-state index in [0.717, 1.165) is 17.3 Å². The minimum absolute atomic E-state index is 0.731. The standard InChI is InChI=1S/C8H16.C6H12N2.C2H2/c1-7-3-5-8(2)6-4-7;1-8-4-6(5-8)2-7-3-6;1-2/h7-8H,3-6H2,1-2H3;7H,2-5H2,1H3;1-2H. The van der Waals surface area contributed by atoms with Gasteiger partial charge in [0.2, 0.25) is 0 Å². The fraction of sp³-hybridized carbons (Fsp3) is 0.875. The second kappa shape index (κ2) is 7.16. The van der Waals surface area contributed by atoms with Crippen LogP contribution in [0.1, 0.15) is 39.5 Å². The fourth-order valence-corrected chi connectivity index (χ4v) is 3.23. The Bertz CT molecular complexity index is 229. The maximum Gasteiger partial charge on any atom is 0.0206 e. The molecule has 0 aromatic rings. The lowest BCUT2D eigenvalue weighted by Gasteiger charge is -2.55. The third-order valence-electron chi connectivity index (χ3n) is 4.52. The Morgan fingerprint density at radius 1 is 0.944 bits per heavy atom. The average molecular weight is 250 g/mol. The van der Waals surface area contributed by atoms with Crippen LogP contribution in [0.3, 0.4) is 0 Å². The van der Waals surface area contributed by atoms with Gasteiger partial charge in [0, 0.05) is 31.6 Å². The Morgan fingerprint density at radius 2 is 1.33 bits per heavy atom. The van der Waals surface area contributed by atoms with Crippen molar-refractivity contribution in [2.75, 3.05) is 33.2 Å². The summed E-state index contributed by atoms with van der Waals surface area (Å²) in [7, 11) is 2.18. The Kier molecular flexibility index (Phi) is 6.18. The summed E-state index contributed by atoms with van der Waals surface area (Å²) in [6, 6.07) is 0. The van der Waals surface area contributed by atoms with E-state index in [2.05, 4.69) is 44.0 Å². The van der Waals surface area contributed by atoms with Crippen molar-refractivity contribution >= 4 is 0 Å². The molecule has 1 N–H and O–H groups in total. The second-order valence-corrected chi connectivity index (χ2v) is 6.64. The van der Waals surface area contributed by atoms with Crippen molar-refractivity contribution in [1.29, 1.82) is 0 Å². The van der Waals surface area contributed by atoms with Gasteiger partial charge < -0.3 is 10.2 Å². The van der Waals surface area contributed by atoms with Crippen LogP contribution in [0.25, 0.3) is 0 Å². The van der Waals surface area contributed by atoms with E-state index in [9.17, 15) is 0 Å². The van der Waals surface area contributed by atoms with Gasteiger partial charge in [-0.15, -0.1) is 12.8 Å². The molecule has 3 fully saturated rings. The topological polar surface area (TPSA) is 15.3 Å². The highest BCUT2D eigenvalue weighted by Crippen LogP contribution is 2.32. The van der Waals surface area contributed by atoms with Crippen molar-refractivity contribution in [3.8, 4) is 12.8 Å². The van der Waals surface area contributed by atoms with Crippen LogP contribution in [-0.2, 0) is 0 Å². The number of terminal acetylenes is 1. The largest absolute Gasteiger partial charge is 0.315 e. The molecule has 2 saturated heterocycles. The first-order valence-corrected chi connectivity index (χ1v) is 7.32. The summed E-state index contributed by atoms with van der Waals surface area (Å²) in [6.45, 7) is 9.90. The van der Waals surface area contributed by atoms with Gasteiger partial charge >= 0.3 is 0 Å². The molecule has 3 rings (SSSR count). The molecule has 2 heterocycles. The van der Waals surface area contributed by atoms with E-state index in [1.807, 2.05) is 0 Å². The number of nitrogens with one attached hydrogen (secondary N) is 1. The van der Waals surface area contributed by atoms with E-state index in [1.54, 1.807) is 0 Å². The van der Waals surface area contributed by atoms with Crippen molar-refractivity contribution < 1.29 is 0 Å². The third kappa shape index (κ3) is 4.30. The highest BCUT2D eigenvalue weighted by atomic mass is 15.2. The van der Waals surface area contributed by atoms with Crippen LogP contribution < -0.4 is 5.32 Å². The summed E-state index contributed by atoms with van der Waals surface area (Å²) in [5.74, 6) is 2.04. The maximum absolute atomic E-state index is 4.00. The lowest BCUT2D eigenvalue weighted by molar-refractivity contribution is -0.0218. The lowest BCUT2D eigenvalue weighted by Crippen LogP contribution is -2.69. The van der Waals surface area contributed by atoms with E-state index in [4.69, 9.17) is 0 Å². The second-order valence-electron chi connectivity index (χ2n) is 6.64. The Balaban J connectivity index is 0.000000159. The quantitative estimate of drug-likeness (QED) is 0.665. The summed E-state index contributed by atoms with van der Waals surface area (Å²) >= 11 is 0. The van der Waals surface area contributed by atoms with Gasteiger partial charge in [-0.2, -0.15) is 0 Å². The first-order chi connectivity index (χ1) is 8.60. The van der Waals surface area contributed by atoms with Gasteiger partial charge in [0.05, 0.1) is 0 Å². The Labute approximate surface area is 114 Å². The number of hydrogen-bond donors (Lipinski definition) is 1. The van der Waals surface area contributed by atoms with Crippen LogP contribution in [-0.4, -0.2) is 38.1 Å². The third-order valence-corrected chi connectivity index (χ3v) is 4.52. The Hall–Kier alpha value is -0.520. The first-order valence-electron chi connectivity index (χ1n) is 7.32. The van der Waals surface area contributed by atoms with E-state index in [0.29, 0.717) is 0 Å². The minimum Gasteiger partial charge on any atom is -0.315 e. The maximum atomic E-state index is 4.00. The summed E-state index contributed by atoms with van der Waals surface area (Å²) < 4.78 is 0. The summed E-state index contributed by atoms with van der Waals surface area (Å²) in [4.78, 5) is 2.38. The van der Waals surface area contributed by atoms with Crippen molar-refractivity contribution in [2.24, 2.45) is 17.3 Å². The van der Waals surface area contributed by atoms with Gasteiger partial charge in [-0.25, -0.2) is 0 Å². The molecule has 2 aliphatic heterocycles. The lowest BCUT2D eigenvalue weighted by atomic mass is 9.75. The monoisotopic (exact) mass is 250 g/mol. The molecule has 18 heavy (non-hydrogen) atoms. The van der Waals surface area contributed by atoms with E-state index in [1.165, 1.54) is 51.9 Å². The van der Waals surface area contributed by atoms with Crippen LogP contribution in [0.5, 0.6) is 0 Å². The molecule has 2 nitrogen and oxygen atoms in total. The van der Waals surface area contributed by atoms with Gasteiger partial charge in [-0.1, -0.05) is 39.5 Å². The van der Waals surface area contributed by atoms with Crippen molar-refractivity contribution in [2.45, 2.75) is 39.5 Å². The van der Waals surface area contributed by atoms with Crippen LogP contribution in [0.2, 0.25) is 0 Å². The molecule has 3 aliphatic rings. The molecule has 0 atom stereocenters. The predicted molar refractivity (Wildman–Crippen MR) is 79.5 cm³/mol. The van der Waals surface area contributed by atoms with Crippen molar-refractivity contribution in [3.05, 3.63) is 0 Å². The zero-order valence-corrected chi connectivity index (χ0v) is 12.4. The zero-order chi connectivity index (χ0) is 13.6. The van der Waals surface area contributed by atoms with Gasteiger partial charge in [0.15, 0.2) is 0 Å². The van der Waals surface area contributed by atoms with E-state index < -0.39 is 0 Å². The number of likely N-dealkylation sites (tertiary alicyclic amines) is 1. The molecule has 1 saturated carbocycles. The van der Waals surface area contributed by atoms with Crippen LogP contribution >= 0.6 is 0 Å². The molecule has 0 unspecified atom stereocenters. The minimum atomic E-state index is 0.731. The van der Waals surface area contributed by atoms with Crippen molar-refractivity contribution in [3.63, 3.8) is 0 Å². The number of hydrogen-bond acceptors (Lipinski definition) is 2. The molecule has 0 aromatic heterocycles. The average Bonchev–Trinajstić information content (AvgIpc) is 2.30. The molecule has 0 aromatic carbocycles. The summed E-state index contributed by atoms with van der Waals surface area (Å²) in [5.41, 5.74) is 0.731. The van der Waals surface area contributed by atoms with Gasteiger partial charge in [-0.05, 0) is 18.9 Å². The SMILES string of the molecule is C#C.CC1CCC(C)CC1.CN1CC2(CNC2)C1. The van der Waals surface area contributed by atoms with Crippen LogP contribution in [0, 0.1) is 30.1 Å².